The number of carbonyl (C=O) groups excluding carboxylic acids is 1. The molecular formula is C18H19F2N3O3. The molecule has 138 valence electrons. The standard InChI is InChI=1S/C18H19F2N3O3/c1-22(12-13-4-5-14(19)11-17(13)20)18(24)3-2-10-21-15-6-8-16(9-7-15)23(25)26/h4-9,11,21H,2-3,10,12H2,1H3. The maximum absolute atomic E-state index is 13.6. The van der Waals surface area contributed by atoms with Gasteiger partial charge in [-0.2, -0.15) is 0 Å². The number of nitro benzene ring substituents is 1. The topological polar surface area (TPSA) is 75.5 Å². The molecule has 6 nitrogen and oxygen atoms in total. The molecule has 1 amide bonds. The van der Waals surface area contributed by atoms with Gasteiger partial charge in [0.15, 0.2) is 0 Å². The number of halogens is 2. The normalized spacial score (nSPS) is 10.4. The van der Waals surface area contributed by atoms with Gasteiger partial charge in [-0.05, 0) is 24.6 Å². The molecule has 8 heteroatoms. The van der Waals surface area contributed by atoms with E-state index in [1.807, 2.05) is 0 Å². The van der Waals surface area contributed by atoms with E-state index in [1.54, 1.807) is 19.2 Å². The zero-order valence-electron chi connectivity index (χ0n) is 14.2. The summed E-state index contributed by atoms with van der Waals surface area (Å²) in [6, 6.07) is 9.28. The minimum absolute atomic E-state index is 0.0142. The molecule has 0 heterocycles. The summed E-state index contributed by atoms with van der Waals surface area (Å²) in [7, 11) is 1.56. The lowest BCUT2D eigenvalue weighted by atomic mass is 10.2. The van der Waals surface area contributed by atoms with E-state index in [0.717, 1.165) is 17.8 Å². The number of hydrogen-bond acceptors (Lipinski definition) is 4. The lowest BCUT2D eigenvalue weighted by Crippen LogP contribution is -2.26. The number of rotatable bonds is 8. The van der Waals surface area contributed by atoms with E-state index in [1.165, 1.54) is 23.1 Å². The fourth-order valence-electron chi connectivity index (χ4n) is 2.36. The van der Waals surface area contributed by atoms with Crippen LogP contribution in [0.2, 0.25) is 0 Å². The van der Waals surface area contributed by atoms with Gasteiger partial charge in [-0.1, -0.05) is 6.07 Å². The predicted octanol–water partition coefficient (Wildman–Crippen LogP) is 3.72. The van der Waals surface area contributed by atoms with Crippen LogP contribution in [0.5, 0.6) is 0 Å². The van der Waals surface area contributed by atoms with Gasteiger partial charge in [-0.25, -0.2) is 8.78 Å². The number of carbonyl (C=O) groups is 1. The minimum atomic E-state index is -0.676. The second-order valence-corrected chi connectivity index (χ2v) is 5.82. The SMILES string of the molecule is CN(Cc1ccc(F)cc1F)C(=O)CCCNc1ccc([N+](=O)[O-])cc1. The highest BCUT2D eigenvalue weighted by Gasteiger charge is 2.12. The molecule has 26 heavy (non-hydrogen) atoms. The summed E-state index contributed by atoms with van der Waals surface area (Å²) in [5.74, 6) is -1.48. The Morgan fingerprint density at radius 2 is 1.88 bits per heavy atom. The van der Waals surface area contributed by atoms with Crippen LogP contribution in [-0.2, 0) is 11.3 Å². The quantitative estimate of drug-likeness (QED) is 0.441. The van der Waals surface area contributed by atoms with E-state index < -0.39 is 16.6 Å². The molecule has 0 saturated heterocycles. The maximum Gasteiger partial charge on any atom is 0.269 e. The first kappa shape index (κ1) is 19.3. The molecule has 0 atom stereocenters. The van der Waals surface area contributed by atoms with Crippen molar-refractivity contribution in [2.24, 2.45) is 0 Å². The lowest BCUT2D eigenvalue weighted by molar-refractivity contribution is -0.384. The molecule has 0 bridgehead atoms. The molecule has 2 aromatic rings. The first-order valence-electron chi connectivity index (χ1n) is 8.03. The summed E-state index contributed by atoms with van der Waals surface area (Å²) in [4.78, 5) is 23.6. The third kappa shape index (κ3) is 5.51. The third-order valence-corrected chi connectivity index (χ3v) is 3.82. The fourth-order valence-corrected chi connectivity index (χ4v) is 2.36. The van der Waals surface area contributed by atoms with Crippen LogP contribution in [0.1, 0.15) is 18.4 Å². The van der Waals surface area contributed by atoms with Gasteiger partial charge in [0, 0.05) is 56.0 Å². The van der Waals surface area contributed by atoms with E-state index >= 15 is 0 Å². The Labute approximate surface area is 149 Å². The van der Waals surface area contributed by atoms with Gasteiger partial charge in [0.2, 0.25) is 5.91 Å². The smallest absolute Gasteiger partial charge is 0.269 e. The second-order valence-electron chi connectivity index (χ2n) is 5.82. The van der Waals surface area contributed by atoms with Gasteiger partial charge >= 0.3 is 0 Å². The summed E-state index contributed by atoms with van der Waals surface area (Å²) in [6.07, 6.45) is 0.811. The van der Waals surface area contributed by atoms with Crippen LogP contribution in [0.3, 0.4) is 0 Å². The van der Waals surface area contributed by atoms with Crippen LogP contribution >= 0.6 is 0 Å². The molecule has 0 aromatic heterocycles. The molecule has 2 rings (SSSR count). The van der Waals surface area contributed by atoms with Crippen molar-refractivity contribution < 1.29 is 18.5 Å². The van der Waals surface area contributed by atoms with E-state index in [-0.39, 0.29) is 30.1 Å². The number of nitro groups is 1. The van der Waals surface area contributed by atoms with Crippen LogP contribution in [-0.4, -0.2) is 29.3 Å². The van der Waals surface area contributed by atoms with Crippen LogP contribution < -0.4 is 5.32 Å². The number of amides is 1. The Morgan fingerprint density at radius 3 is 2.50 bits per heavy atom. The Hall–Kier alpha value is -3.03. The molecule has 0 radical (unpaired) electrons. The fraction of sp³-hybridized carbons (Fsp3) is 0.278. The highest BCUT2D eigenvalue weighted by atomic mass is 19.1. The van der Waals surface area contributed by atoms with Crippen molar-refractivity contribution in [3.63, 3.8) is 0 Å². The van der Waals surface area contributed by atoms with Crippen molar-refractivity contribution >= 4 is 17.3 Å². The molecule has 0 saturated carbocycles. The molecule has 1 N–H and O–H groups in total. The summed E-state index contributed by atoms with van der Waals surface area (Å²) in [6.45, 7) is 0.586. The summed E-state index contributed by atoms with van der Waals surface area (Å²) >= 11 is 0. The van der Waals surface area contributed by atoms with E-state index in [4.69, 9.17) is 0 Å². The van der Waals surface area contributed by atoms with Crippen LogP contribution in [0.15, 0.2) is 42.5 Å². The number of benzene rings is 2. The van der Waals surface area contributed by atoms with Crippen LogP contribution in [0.25, 0.3) is 0 Å². The third-order valence-electron chi connectivity index (χ3n) is 3.82. The highest BCUT2D eigenvalue weighted by Crippen LogP contribution is 2.16. The molecule has 2 aromatic carbocycles. The Kier molecular flexibility index (Phi) is 6.60. The summed E-state index contributed by atoms with van der Waals surface area (Å²) in [5, 5.41) is 13.7. The number of non-ortho nitro benzene ring substituents is 1. The van der Waals surface area contributed by atoms with Gasteiger partial charge < -0.3 is 10.2 Å². The largest absolute Gasteiger partial charge is 0.385 e. The maximum atomic E-state index is 13.6. The van der Waals surface area contributed by atoms with Crippen molar-refractivity contribution in [1.29, 1.82) is 0 Å². The first-order valence-corrected chi connectivity index (χ1v) is 8.03. The summed E-state index contributed by atoms with van der Waals surface area (Å²) < 4.78 is 26.5. The minimum Gasteiger partial charge on any atom is -0.385 e. The predicted molar refractivity (Wildman–Crippen MR) is 93.7 cm³/mol. The molecule has 0 unspecified atom stereocenters. The number of nitrogens with zero attached hydrogens (tertiary/aromatic N) is 2. The average molecular weight is 363 g/mol. The monoisotopic (exact) mass is 363 g/mol. The van der Waals surface area contributed by atoms with Crippen molar-refractivity contribution in [3.05, 3.63) is 69.8 Å². The van der Waals surface area contributed by atoms with Crippen molar-refractivity contribution in [1.82, 2.24) is 4.90 Å². The zero-order valence-corrected chi connectivity index (χ0v) is 14.2. The lowest BCUT2D eigenvalue weighted by Gasteiger charge is -2.18. The summed E-state index contributed by atoms with van der Waals surface area (Å²) in [5.41, 5.74) is 0.997. The first-order chi connectivity index (χ1) is 12.4. The average Bonchev–Trinajstić information content (AvgIpc) is 2.61. The molecule has 0 aliphatic rings. The molecule has 0 fully saturated rings. The second kappa shape index (κ2) is 8.89. The highest BCUT2D eigenvalue weighted by molar-refractivity contribution is 5.75. The van der Waals surface area contributed by atoms with Crippen LogP contribution in [0.4, 0.5) is 20.2 Å². The van der Waals surface area contributed by atoms with Crippen molar-refractivity contribution in [2.75, 3.05) is 18.9 Å². The zero-order chi connectivity index (χ0) is 19.1. The Morgan fingerprint density at radius 1 is 1.19 bits per heavy atom. The van der Waals surface area contributed by atoms with Crippen molar-refractivity contribution in [2.45, 2.75) is 19.4 Å². The Balaban J connectivity index is 1.74. The van der Waals surface area contributed by atoms with Gasteiger partial charge in [-0.15, -0.1) is 0 Å². The van der Waals surface area contributed by atoms with E-state index in [2.05, 4.69) is 5.32 Å². The van der Waals surface area contributed by atoms with Gasteiger partial charge in [-0.3, -0.25) is 14.9 Å². The molecule has 0 spiro atoms. The number of anilines is 1. The van der Waals surface area contributed by atoms with Gasteiger partial charge in [0.1, 0.15) is 11.6 Å². The van der Waals surface area contributed by atoms with Crippen LogP contribution in [0, 0.1) is 21.7 Å². The molecule has 0 aliphatic heterocycles. The van der Waals surface area contributed by atoms with Gasteiger partial charge in [0.05, 0.1) is 4.92 Å². The van der Waals surface area contributed by atoms with E-state index in [9.17, 15) is 23.7 Å². The van der Waals surface area contributed by atoms with E-state index in [0.29, 0.717) is 13.0 Å². The number of nitrogens with one attached hydrogen (secondary N) is 1. The number of hydrogen-bond donors (Lipinski definition) is 1. The Bertz CT molecular complexity index is 782. The molecular weight excluding hydrogens is 344 g/mol. The van der Waals surface area contributed by atoms with Gasteiger partial charge in [0.25, 0.3) is 5.69 Å². The van der Waals surface area contributed by atoms with Crippen molar-refractivity contribution in [3.8, 4) is 0 Å². The molecule has 0 aliphatic carbocycles.